The third-order valence-corrected chi connectivity index (χ3v) is 22.4. The van der Waals surface area contributed by atoms with Crippen LogP contribution in [0.2, 0.25) is 0 Å². The zero-order valence-electron chi connectivity index (χ0n) is 72.1. The van der Waals surface area contributed by atoms with Crippen LogP contribution < -0.4 is 18.9 Å². The van der Waals surface area contributed by atoms with Gasteiger partial charge in [0.05, 0.1) is 62.1 Å². The van der Waals surface area contributed by atoms with Gasteiger partial charge in [-0.3, -0.25) is 102 Å². The van der Waals surface area contributed by atoms with E-state index in [1.54, 1.807) is 49.4 Å². The maximum Gasteiger partial charge on any atom is 0.337 e. The van der Waals surface area contributed by atoms with Gasteiger partial charge in [0.2, 0.25) is 23.3 Å². The van der Waals surface area contributed by atoms with Crippen molar-refractivity contribution >= 4 is 114 Å². The lowest BCUT2D eigenvalue weighted by molar-refractivity contribution is -0.138. The minimum Gasteiger partial charge on any atom is -0.505 e. The highest BCUT2D eigenvalue weighted by atomic mass is 19.1. The van der Waals surface area contributed by atoms with Crippen LogP contribution in [-0.4, -0.2) is 178 Å². The number of hydrogen-bond acceptors (Lipinski definition) is 28. The summed E-state index contributed by atoms with van der Waals surface area (Å²) in [7, 11) is 2.70. The molecular weight excluding hydrogens is 1800 g/mol. The Hall–Kier alpha value is -18.4. The number of esters is 2. The molecule has 1 aliphatic carbocycles. The lowest BCUT2D eigenvalue weighted by Crippen LogP contribution is -2.29. The number of fused-ring (bicyclic) bond motifs is 10. The number of phenols is 4. The molecule has 33 nitrogen and oxygen atoms in total. The molecule has 0 unspecified atom stereocenters. The van der Waals surface area contributed by atoms with Gasteiger partial charge in [0.15, 0.2) is 34.5 Å². The number of phenolic OH excluding ortho intramolecular Hbond substituents is 4. The van der Waals surface area contributed by atoms with Crippen LogP contribution in [0.1, 0.15) is 156 Å². The maximum atomic E-state index is 13.2. The highest BCUT2D eigenvalue weighted by Gasteiger charge is 2.48. The number of imide groups is 4. The molecule has 692 valence electrons. The Bertz CT molecular complexity index is 7620. The summed E-state index contributed by atoms with van der Waals surface area (Å²) >= 11 is 0. The van der Waals surface area contributed by atoms with Crippen LogP contribution in [0.3, 0.4) is 0 Å². The van der Waals surface area contributed by atoms with Crippen molar-refractivity contribution in [2.75, 3.05) is 27.4 Å². The first-order chi connectivity index (χ1) is 66.4. The molecule has 0 radical (unpaired) electrons. The highest BCUT2D eigenvalue weighted by molar-refractivity contribution is 6.32. The number of pyridine rings is 5. The van der Waals surface area contributed by atoms with E-state index < -0.39 is 123 Å². The summed E-state index contributed by atoms with van der Waals surface area (Å²) in [6.45, 7) is 4.51. The van der Waals surface area contributed by atoms with E-state index in [2.05, 4.69) is 31.5 Å². The van der Waals surface area contributed by atoms with Crippen molar-refractivity contribution < 1.29 is 134 Å². The average molecular weight is 1870 g/mol. The van der Waals surface area contributed by atoms with Gasteiger partial charge in [0, 0.05) is 66.1 Å². The number of halogens is 5. The lowest BCUT2D eigenvalue weighted by Gasteiger charge is -2.14. The van der Waals surface area contributed by atoms with Gasteiger partial charge in [-0.05, 0) is 149 Å². The minimum absolute atomic E-state index is 0.00744. The van der Waals surface area contributed by atoms with Crippen LogP contribution in [0.5, 0.6) is 57.8 Å². The molecule has 0 saturated carbocycles. The summed E-state index contributed by atoms with van der Waals surface area (Å²) in [5.74, 6) is -12.8. The molecule has 0 spiro atoms. The molecular formula is C100H69F5N10O23. The van der Waals surface area contributed by atoms with E-state index in [9.17, 15) is 110 Å². The number of ketones is 2. The van der Waals surface area contributed by atoms with Crippen molar-refractivity contribution in [3.63, 3.8) is 0 Å². The Kier molecular flexibility index (Phi) is 25.9. The highest BCUT2D eigenvalue weighted by Crippen LogP contribution is 2.50. The molecule has 0 saturated heterocycles. The number of carbonyl (C=O) groups excluding carboxylic acids is 12. The third-order valence-electron chi connectivity index (χ3n) is 22.4. The standard InChI is InChI=1S/C21H15FN2O6.C21H15FN2O5.C21H15FN2O4.C19H13FN2O4.C18H11FN2O4/c1-29-10-14(25)30-19-13-3-2-8-23-17(13)18(26)15-16(19)21(28)24(20(15)27)9-11-4-6-12(22)7-5-11;1-2-14(25)29-19-13-4-3-9-23-17(13)18(26)15-16(19)21(28)24(20(15)27)10-11-5-7-12(22)8-6-11;1-2-10-28-19-14-4-3-9-23-17(14)18(25)15-16(19)21(27)24(20(15)26)11-12-5-7-13(22)8-6-12;1-26-17-12-3-2-8-21-15(12)16(23)13-14(17)19(25)22(18(13)24)9-10-4-6-11(20)7-5-10;19-10-5-3-9(4-6-10)8-21-17(24)12-13(18(21)25)16(23)14-11(15(12)22)2-1-7-20-14/h2-8,26H,9-10H2,1H3;3-9,26H,2,10H2,1H3;2-9,25H,1,10-11H2;2-8,23H,9H2,1H3;1-7,24-25H,8H2. The predicted molar refractivity (Wildman–Crippen MR) is 476 cm³/mol. The fourth-order valence-corrected chi connectivity index (χ4v) is 15.9. The maximum absolute atomic E-state index is 13.2. The molecule has 38 heteroatoms. The van der Waals surface area contributed by atoms with Gasteiger partial charge >= 0.3 is 11.9 Å². The molecule has 20 rings (SSSR count). The first kappa shape index (κ1) is 92.9. The molecule has 10 heterocycles. The number of ether oxygens (including phenoxy) is 5. The van der Waals surface area contributed by atoms with E-state index in [0.717, 1.165) is 24.2 Å². The zero-order chi connectivity index (χ0) is 98.1. The molecule has 138 heavy (non-hydrogen) atoms. The van der Waals surface area contributed by atoms with Gasteiger partial charge in [-0.1, -0.05) is 80.2 Å². The van der Waals surface area contributed by atoms with Gasteiger partial charge < -0.3 is 54.3 Å². The van der Waals surface area contributed by atoms with E-state index in [-0.39, 0.29) is 187 Å². The number of hydrogen-bond donors (Lipinski definition) is 6. The van der Waals surface area contributed by atoms with Crippen molar-refractivity contribution in [1.82, 2.24) is 49.1 Å². The van der Waals surface area contributed by atoms with Crippen molar-refractivity contribution in [3.8, 4) is 57.8 Å². The number of carbonyl (C=O) groups is 12. The van der Waals surface area contributed by atoms with Crippen molar-refractivity contribution in [2.45, 2.75) is 46.1 Å². The average Bonchev–Trinajstić information content (AvgIpc) is 1.60. The molecule has 4 aliphatic heterocycles. The molecule has 6 N–H and O–H groups in total. The zero-order valence-corrected chi connectivity index (χ0v) is 72.1. The Labute approximate surface area is 774 Å². The monoisotopic (exact) mass is 1870 g/mol. The quantitative estimate of drug-likeness (QED) is 0.0144. The van der Waals surface area contributed by atoms with Crippen LogP contribution >= 0.6 is 0 Å². The van der Waals surface area contributed by atoms with E-state index >= 15 is 0 Å². The summed E-state index contributed by atoms with van der Waals surface area (Å²) in [6, 6.07) is 42.8. The Morgan fingerprint density at radius 3 is 0.957 bits per heavy atom. The van der Waals surface area contributed by atoms with E-state index in [4.69, 9.17) is 23.7 Å². The fourth-order valence-electron chi connectivity index (χ4n) is 15.9. The number of amides is 8. The summed E-state index contributed by atoms with van der Waals surface area (Å²) in [4.78, 5) is 177. The second-order valence-electron chi connectivity index (χ2n) is 30.8. The molecule has 5 aliphatic rings. The molecule has 6 aromatic heterocycles. The second kappa shape index (κ2) is 38.5. The summed E-state index contributed by atoms with van der Waals surface area (Å²) in [5.41, 5.74) is 1.46. The predicted octanol–water partition coefficient (Wildman–Crippen LogP) is 14.2. The number of methoxy groups -OCH3 is 2. The number of benzene rings is 9. The number of aromatic nitrogens is 6. The molecule has 15 aromatic rings. The number of rotatable bonds is 19. The molecule has 0 fully saturated rings. The molecule has 9 aromatic carbocycles. The first-order valence-electron chi connectivity index (χ1n) is 41.5. The normalized spacial score (nSPS) is 13.1. The molecule has 0 bridgehead atoms. The van der Waals surface area contributed by atoms with Crippen molar-refractivity contribution in [1.29, 1.82) is 0 Å². The second-order valence-corrected chi connectivity index (χ2v) is 30.8. The summed E-state index contributed by atoms with van der Waals surface area (Å²) < 4.78 is 93.1. The smallest absolute Gasteiger partial charge is 0.337 e. The van der Waals surface area contributed by atoms with Crippen molar-refractivity contribution in [3.05, 3.63) is 349 Å². The topological polar surface area (TPSA) is 455 Å². The Balaban J connectivity index is 0.000000125. The minimum atomic E-state index is -0.784. The third kappa shape index (κ3) is 17.1. The molecule has 0 atom stereocenters. The SMILES string of the molecule is C=CCOc1c2c(c(O)c3ncccc13)C(=O)N(Cc1ccc(F)cc1)C2=O.CCC(=O)Oc1c2c(c(O)c3ncccc13)C(=O)N(Cc1ccc(F)cc1)C2=O.COCC(=O)Oc1c2c(c(O)c3ncccc13)C(=O)N(Cc1ccc(F)cc1)C2=O.COc1c2c(c(O)c3ncccc13)C(=O)N(Cc1ccc(F)cc1)C2=O.O=C1c2cccnc2C(=O)c2c1c(O)n(Cc1ccc(F)cc1)c2O. The Morgan fingerprint density at radius 2 is 0.630 bits per heavy atom. The van der Waals surface area contributed by atoms with Gasteiger partial charge in [-0.2, -0.15) is 0 Å². The fraction of sp³-hybridized carbons (Fsp3) is 0.110. The first-order valence-corrected chi connectivity index (χ1v) is 41.5. The van der Waals surface area contributed by atoms with Gasteiger partial charge in [-0.25, -0.2) is 26.7 Å². The van der Waals surface area contributed by atoms with E-state index in [1.165, 1.54) is 191 Å². The van der Waals surface area contributed by atoms with Gasteiger partial charge in [0.1, 0.15) is 121 Å². The van der Waals surface area contributed by atoms with Gasteiger partial charge in [-0.15, -0.1) is 0 Å². The van der Waals surface area contributed by atoms with Crippen molar-refractivity contribution in [2.24, 2.45) is 0 Å². The number of nitrogens with zero attached hydrogens (tertiary/aromatic N) is 10. The van der Waals surface area contributed by atoms with Gasteiger partial charge in [0.25, 0.3) is 47.3 Å². The van der Waals surface area contributed by atoms with E-state index in [0.29, 0.717) is 38.6 Å². The summed E-state index contributed by atoms with van der Waals surface area (Å²) in [6.07, 6.45) is 8.71. The van der Waals surface area contributed by atoms with Crippen LogP contribution in [0, 0.1) is 29.1 Å². The van der Waals surface area contributed by atoms with Crippen LogP contribution in [0.25, 0.3) is 43.6 Å². The van der Waals surface area contributed by atoms with E-state index in [1.807, 2.05) is 0 Å². The number of aromatic hydroxyl groups is 6. The molecule has 8 amide bonds. The summed E-state index contributed by atoms with van der Waals surface area (Å²) in [5, 5.41) is 64.6. The lowest BCUT2D eigenvalue weighted by atomic mass is 9.89. The largest absolute Gasteiger partial charge is 0.505 e. The van der Waals surface area contributed by atoms with Crippen LogP contribution in [0.15, 0.2) is 226 Å². The van der Waals surface area contributed by atoms with Crippen LogP contribution in [-0.2, 0) is 47.0 Å². The Morgan fingerprint density at radius 1 is 0.348 bits per heavy atom. The van der Waals surface area contributed by atoms with Crippen LogP contribution in [0.4, 0.5) is 22.0 Å².